The molecule has 136 valence electrons. The minimum absolute atomic E-state index is 0.211. The second kappa shape index (κ2) is 7.05. The Morgan fingerprint density at radius 3 is 2.31 bits per heavy atom. The molecule has 0 aliphatic carbocycles. The number of aromatic nitrogens is 2. The smallest absolute Gasteiger partial charge is 0.241 e. The van der Waals surface area contributed by atoms with Gasteiger partial charge in [0, 0.05) is 18.9 Å². The molecule has 1 heterocycles. The molecule has 5 nitrogen and oxygen atoms in total. The molecule has 0 bridgehead atoms. The first-order chi connectivity index (χ1) is 12.3. The maximum absolute atomic E-state index is 13.0. The van der Waals surface area contributed by atoms with Crippen molar-refractivity contribution in [2.75, 3.05) is 0 Å². The summed E-state index contributed by atoms with van der Waals surface area (Å²) in [5, 5.41) is 0. The zero-order valence-electron chi connectivity index (χ0n) is 15.4. The van der Waals surface area contributed by atoms with Crippen LogP contribution < -0.4 is 4.72 Å². The Labute approximate surface area is 154 Å². The first-order valence-corrected chi connectivity index (χ1v) is 9.93. The molecule has 0 atom stereocenters. The number of para-hydroxylation sites is 1. The molecule has 0 unspecified atom stereocenters. The van der Waals surface area contributed by atoms with E-state index in [0.717, 1.165) is 33.5 Å². The van der Waals surface area contributed by atoms with Crippen molar-refractivity contribution in [2.24, 2.45) is 0 Å². The number of benzene rings is 2. The van der Waals surface area contributed by atoms with Gasteiger partial charge in [0.05, 0.1) is 16.9 Å². The molecule has 0 aliphatic heterocycles. The van der Waals surface area contributed by atoms with E-state index < -0.39 is 10.0 Å². The van der Waals surface area contributed by atoms with E-state index in [9.17, 15) is 8.42 Å². The number of nitrogens with one attached hydrogen (secondary N) is 1. The average Bonchev–Trinajstić information content (AvgIpc) is 3.13. The van der Waals surface area contributed by atoms with Gasteiger partial charge in [-0.1, -0.05) is 24.3 Å². The topological polar surface area (TPSA) is 64.0 Å². The normalized spacial score (nSPS) is 11.7. The van der Waals surface area contributed by atoms with Crippen molar-refractivity contribution in [2.45, 2.75) is 39.1 Å². The lowest BCUT2D eigenvalue weighted by Gasteiger charge is -2.17. The van der Waals surface area contributed by atoms with Gasteiger partial charge in [0.15, 0.2) is 0 Å². The second-order valence-corrected chi connectivity index (χ2v) is 8.22. The summed E-state index contributed by atoms with van der Waals surface area (Å²) in [6.45, 7) is 7.80. The van der Waals surface area contributed by atoms with Gasteiger partial charge in [-0.3, -0.25) is 0 Å². The van der Waals surface area contributed by atoms with Crippen molar-refractivity contribution >= 4 is 10.0 Å². The Morgan fingerprint density at radius 2 is 1.69 bits per heavy atom. The van der Waals surface area contributed by atoms with E-state index in [2.05, 4.69) is 9.71 Å². The van der Waals surface area contributed by atoms with E-state index in [-0.39, 0.29) is 6.54 Å². The monoisotopic (exact) mass is 369 g/mol. The Morgan fingerprint density at radius 1 is 1.04 bits per heavy atom. The van der Waals surface area contributed by atoms with Crippen LogP contribution in [0.3, 0.4) is 0 Å². The van der Waals surface area contributed by atoms with Crippen LogP contribution >= 0.6 is 0 Å². The molecule has 1 aromatic heterocycles. The Balaban J connectivity index is 1.94. The molecule has 26 heavy (non-hydrogen) atoms. The fourth-order valence-corrected chi connectivity index (χ4v) is 4.76. The van der Waals surface area contributed by atoms with E-state index in [1.54, 1.807) is 12.5 Å². The number of aryl methyl sites for hydroxylation is 2. The third-order valence-electron chi connectivity index (χ3n) is 4.79. The van der Waals surface area contributed by atoms with Gasteiger partial charge < -0.3 is 4.57 Å². The fourth-order valence-electron chi connectivity index (χ4n) is 3.14. The Bertz CT molecular complexity index is 1010. The summed E-state index contributed by atoms with van der Waals surface area (Å²) in [7, 11) is -3.63. The molecule has 0 aliphatic rings. The average molecular weight is 369 g/mol. The predicted octanol–water partition coefficient (Wildman–Crippen LogP) is 3.58. The van der Waals surface area contributed by atoms with E-state index in [0.29, 0.717) is 4.90 Å². The van der Waals surface area contributed by atoms with E-state index >= 15 is 0 Å². The molecule has 0 fully saturated rings. The van der Waals surface area contributed by atoms with Crippen LogP contribution in [0.4, 0.5) is 0 Å². The van der Waals surface area contributed by atoms with Crippen LogP contribution in [0.1, 0.15) is 27.8 Å². The number of nitrogens with zero attached hydrogens (tertiary/aromatic N) is 2. The molecule has 2 aromatic carbocycles. The maximum atomic E-state index is 13.0. The molecule has 1 N–H and O–H groups in total. The van der Waals surface area contributed by atoms with Crippen molar-refractivity contribution in [1.29, 1.82) is 0 Å². The minimum atomic E-state index is -3.63. The summed E-state index contributed by atoms with van der Waals surface area (Å²) in [4.78, 5) is 4.45. The summed E-state index contributed by atoms with van der Waals surface area (Å²) in [6.07, 6.45) is 5.24. The van der Waals surface area contributed by atoms with Crippen molar-refractivity contribution in [1.82, 2.24) is 14.3 Å². The van der Waals surface area contributed by atoms with Gasteiger partial charge in [0.1, 0.15) is 0 Å². The van der Waals surface area contributed by atoms with Gasteiger partial charge in [0.25, 0.3) is 0 Å². The lowest BCUT2D eigenvalue weighted by atomic mass is 10.0. The van der Waals surface area contributed by atoms with Crippen molar-refractivity contribution in [3.05, 3.63) is 76.9 Å². The Kier molecular flexibility index (Phi) is 4.98. The molecular weight excluding hydrogens is 346 g/mol. The lowest BCUT2D eigenvalue weighted by molar-refractivity contribution is 0.579. The second-order valence-electron chi connectivity index (χ2n) is 6.51. The number of sulfonamides is 1. The summed E-state index contributed by atoms with van der Waals surface area (Å²) in [5.74, 6) is 0. The minimum Gasteiger partial charge on any atom is -0.306 e. The lowest BCUT2D eigenvalue weighted by Crippen LogP contribution is -2.26. The van der Waals surface area contributed by atoms with Gasteiger partial charge in [-0.15, -0.1) is 0 Å². The molecule has 3 rings (SSSR count). The van der Waals surface area contributed by atoms with Gasteiger partial charge in [-0.05, 0) is 61.6 Å². The fraction of sp³-hybridized carbons (Fsp3) is 0.250. The first-order valence-electron chi connectivity index (χ1n) is 8.44. The molecular formula is C20H23N3O2S. The first kappa shape index (κ1) is 18.4. The molecule has 0 saturated heterocycles. The van der Waals surface area contributed by atoms with Crippen LogP contribution in [0.15, 0.2) is 53.9 Å². The summed E-state index contributed by atoms with van der Waals surface area (Å²) < 4.78 is 30.7. The van der Waals surface area contributed by atoms with Gasteiger partial charge in [0.2, 0.25) is 10.0 Å². The third-order valence-corrected chi connectivity index (χ3v) is 6.47. The summed E-state index contributed by atoms with van der Waals surface area (Å²) in [6, 6.07) is 9.71. The SMILES string of the molecule is Cc1cc(C)c(C)c(S(=O)(=O)NCc2ccccc2-n2ccnc2)c1C. The number of imidazole rings is 1. The number of rotatable bonds is 5. The highest BCUT2D eigenvalue weighted by Crippen LogP contribution is 2.26. The molecule has 0 saturated carbocycles. The van der Waals surface area contributed by atoms with E-state index in [4.69, 9.17) is 0 Å². The van der Waals surface area contributed by atoms with E-state index in [1.165, 1.54) is 0 Å². The molecule has 6 heteroatoms. The molecule has 3 aromatic rings. The van der Waals surface area contributed by atoms with E-state index in [1.807, 2.05) is 68.8 Å². The standard InChI is InChI=1S/C20H23N3O2S/c1-14-11-15(2)17(4)20(16(14)3)26(24,25)22-12-18-7-5-6-8-19(18)23-10-9-21-13-23/h5-11,13,22H,12H2,1-4H3. The zero-order chi connectivity index (χ0) is 18.9. The highest BCUT2D eigenvalue weighted by Gasteiger charge is 2.22. The van der Waals surface area contributed by atoms with Crippen molar-refractivity contribution in [3.8, 4) is 5.69 Å². The summed E-state index contributed by atoms with van der Waals surface area (Å²) in [5.41, 5.74) is 5.34. The van der Waals surface area contributed by atoms with Crippen LogP contribution in [0, 0.1) is 27.7 Å². The van der Waals surface area contributed by atoms with Crippen LogP contribution in [0.2, 0.25) is 0 Å². The molecule has 0 amide bonds. The number of hydrogen-bond donors (Lipinski definition) is 1. The van der Waals surface area contributed by atoms with Crippen molar-refractivity contribution < 1.29 is 8.42 Å². The zero-order valence-corrected chi connectivity index (χ0v) is 16.3. The quantitative estimate of drug-likeness (QED) is 0.748. The molecule has 0 spiro atoms. The van der Waals surface area contributed by atoms with Crippen molar-refractivity contribution in [3.63, 3.8) is 0 Å². The van der Waals surface area contributed by atoms with Crippen LogP contribution in [-0.4, -0.2) is 18.0 Å². The van der Waals surface area contributed by atoms with Crippen LogP contribution in [-0.2, 0) is 16.6 Å². The number of hydrogen-bond acceptors (Lipinski definition) is 3. The Hall–Kier alpha value is -2.44. The highest BCUT2D eigenvalue weighted by molar-refractivity contribution is 7.89. The maximum Gasteiger partial charge on any atom is 0.241 e. The largest absolute Gasteiger partial charge is 0.306 e. The van der Waals surface area contributed by atoms with Gasteiger partial charge in [-0.25, -0.2) is 18.1 Å². The van der Waals surface area contributed by atoms with Gasteiger partial charge >= 0.3 is 0 Å². The van der Waals surface area contributed by atoms with Gasteiger partial charge in [-0.2, -0.15) is 0 Å². The summed E-state index contributed by atoms with van der Waals surface area (Å²) >= 11 is 0. The highest BCUT2D eigenvalue weighted by atomic mass is 32.2. The van der Waals surface area contributed by atoms with Crippen LogP contribution in [0.25, 0.3) is 5.69 Å². The predicted molar refractivity (Wildman–Crippen MR) is 103 cm³/mol. The molecule has 0 radical (unpaired) electrons. The third kappa shape index (κ3) is 3.43. The van der Waals surface area contributed by atoms with Crippen LogP contribution in [0.5, 0.6) is 0 Å².